The van der Waals surface area contributed by atoms with Crippen LogP contribution in [0.1, 0.15) is 68.6 Å². The van der Waals surface area contributed by atoms with Crippen molar-refractivity contribution in [2.75, 3.05) is 0 Å². The number of pyridine rings is 1. The van der Waals surface area contributed by atoms with Gasteiger partial charge in [0.1, 0.15) is 20.7 Å². The maximum absolute atomic E-state index is 13.5. The Bertz CT molecular complexity index is 1550. The third-order valence-corrected chi connectivity index (χ3v) is 8.53. The second-order valence-corrected chi connectivity index (χ2v) is 11.9. The van der Waals surface area contributed by atoms with Crippen molar-refractivity contribution in [1.29, 1.82) is 0 Å². The van der Waals surface area contributed by atoms with Crippen molar-refractivity contribution in [3.63, 3.8) is 0 Å². The molecule has 7 nitrogen and oxygen atoms in total. The number of sulfonamides is 1. The largest absolute Gasteiger partial charge is 1.00 e. The number of nitrogens with zero attached hydrogens (tertiary/aromatic N) is 2. The molecule has 0 spiro atoms. The maximum Gasteiger partial charge on any atom is 1.00 e. The zero-order chi connectivity index (χ0) is 30.5. The molecule has 2 heterocycles. The number of halogens is 3. The van der Waals surface area contributed by atoms with Crippen LogP contribution >= 0.6 is 0 Å². The van der Waals surface area contributed by atoms with Crippen molar-refractivity contribution < 1.29 is 95.3 Å². The number of benzene rings is 2. The molecule has 0 fully saturated rings. The first-order valence-corrected chi connectivity index (χ1v) is 15.1. The van der Waals surface area contributed by atoms with E-state index < -0.39 is 44.3 Å². The Morgan fingerprint density at radius 2 is 1.73 bits per heavy atom. The molecule has 13 heteroatoms. The number of hydrogen-bond acceptors (Lipinski definition) is 6. The molecule has 2 unspecified atom stereocenters. The van der Waals surface area contributed by atoms with Crippen molar-refractivity contribution in [3.8, 4) is 0 Å². The predicted octanol–water partition coefficient (Wildman–Crippen LogP) is 0.729. The summed E-state index contributed by atoms with van der Waals surface area (Å²) in [6.45, 7) is 3.77. The fourth-order valence-corrected chi connectivity index (χ4v) is 6.20. The molecule has 224 valence electrons. The van der Waals surface area contributed by atoms with Gasteiger partial charge in [0.2, 0.25) is 0 Å². The molecule has 1 aromatic heterocycles. The van der Waals surface area contributed by atoms with E-state index in [1.54, 1.807) is 13.0 Å². The molecule has 1 aliphatic rings. The SMILES string of the molecule is CCCC1(CCc2ccccc2)CC([O-])=C(C(CC)c2cccc([N-]S(=O)(=O)c3ccc(C(F)(F)F)cn3)c2)C(=O)O1.[Na+].[Na+]. The van der Waals surface area contributed by atoms with Crippen LogP contribution in [0, 0.1) is 0 Å². The van der Waals surface area contributed by atoms with Crippen molar-refractivity contribution >= 4 is 21.7 Å². The van der Waals surface area contributed by atoms with Crippen LogP contribution in [0.5, 0.6) is 0 Å². The topological polar surface area (TPSA) is 110 Å². The van der Waals surface area contributed by atoms with Crippen LogP contribution < -0.4 is 64.2 Å². The number of esters is 1. The second kappa shape index (κ2) is 16.1. The standard InChI is InChI=1S/C31H32F3N2O5S.2Na/c1-3-16-30(17-15-21-9-6-5-7-10-21)19-26(37)28(29(38)41-30)25(4-2)22-11-8-12-24(18-22)36-42(39,40)27-14-13-23(20-35-27)31(32,33)34;;/h5-14,18,20,25H,3-4,15-17,19H2,1-2H3,(H,37,38);;/q-1;2*+1/p-1. The van der Waals surface area contributed by atoms with Crippen LogP contribution in [0.3, 0.4) is 0 Å². The van der Waals surface area contributed by atoms with E-state index in [0.717, 1.165) is 18.1 Å². The smallest absolute Gasteiger partial charge is 0.875 e. The first kappa shape index (κ1) is 38.3. The van der Waals surface area contributed by atoms with E-state index in [1.165, 1.54) is 18.2 Å². The minimum absolute atomic E-state index is 0. The zero-order valence-corrected chi connectivity index (χ0v) is 30.0. The summed E-state index contributed by atoms with van der Waals surface area (Å²) < 4.78 is 73.8. The molecular formula is C31H31F3N2Na2O5S. The molecule has 0 N–H and O–H groups in total. The molecule has 0 bridgehead atoms. The Morgan fingerprint density at radius 3 is 2.30 bits per heavy atom. The molecular weight excluding hydrogens is 615 g/mol. The van der Waals surface area contributed by atoms with E-state index in [1.807, 2.05) is 37.3 Å². The van der Waals surface area contributed by atoms with Gasteiger partial charge in [0.05, 0.1) is 5.56 Å². The molecule has 0 saturated carbocycles. The van der Waals surface area contributed by atoms with Gasteiger partial charge in [0, 0.05) is 17.7 Å². The Labute approximate surface area is 300 Å². The van der Waals surface area contributed by atoms with Gasteiger partial charge >= 0.3 is 71.3 Å². The number of rotatable bonds is 11. The third-order valence-electron chi connectivity index (χ3n) is 7.31. The molecule has 2 aromatic carbocycles. The minimum atomic E-state index is -4.66. The summed E-state index contributed by atoms with van der Waals surface area (Å²) in [5.74, 6) is -1.65. The van der Waals surface area contributed by atoms with Crippen LogP contribution in [0.2, 0.25) is 0 Å². The second-order valence-electron chi connectivity index (χ2n) is 10.3. The molecule has 0 amide bonds. The van der Waals surface area contributed by atoms with Gasteiger partial charge in [-0.25, -0.2) is 18.2 Å². The summed E-state index contributed by atoms with van der Waals surface area (Å²) in [4.78, 5) is 16.8. The first-order chi connectivity index (χ1) is 19.9. The fourth-order valence-electron chi connectivity index (χ4n) is 5.29. The van der Waals surface area contributed by atoms with Crippen molar-refractivity contribution in [3.05, 3.63) is 106 Å². The number of cyclic esters (lactones) is 1. The van der Waals surface area contributed by atoms with E-state index in [0.29, 0.717) is 43.5 Å². The number of carbonyl (C=O) groups excluding carboxylic acids is 1. The van der Waals surface area contributed by atoms with Gasteiger partial charge in [-0.2, -0.15) is 13.2 Å². The minimum Gasteiger partial charge on any atom is -0.875 e. The maximum atomic E-state index is 13.5. The van der Waals surface area contributed by atoms with E-state index in [-0.39, 0.29) is 82.6 Å². The van der Waals surface area contributed by atoms with Crippen molar-refractivity contribution in [1.82, 2.24) is 4.98 Å². The van der Waals surface area contributed by atoms with E-state index in [9.17, 15) is 31.5 Å². The monoisotopic (exact) mass is 646 g/mol. The predicted molar refractivity (Wildman–Crippen MR) is 149 cm³/mol. The number of ether oxygens (including phenoxy) is 1. The molecule has 2 atom stereocenters. The van der Waals surface area contributed by atoms with E-state index >= 15 is 0 Å². The van der Waals surface area contributed by atoms with Crippen molar-refractivity contribution in [2.24, 2.45) is 0 Å². The quantitative estimate of drug-likeness (QED) is 0.225. The molecule has 0 radical (unpaired) electrons. The van der Waals surface area contributed by atoms with Gasteiger partial charge in [0.15, 0.2) is 0 Å². The Hall–Kier alpha value is -1.86. The van der Waals surface area contributed by atoms with E-state index in [2.05, 4.69) is 9.71 Å². The summed E-state index contributed by atoms with van der Waals surface area (Å²) in [6.07, 6.45) is -1.37. The Kier molecular flexibility index (Phi) is 14.0. The molecule has 4 rings (SSSR count). The van der Waals surface area contributed by atoms with Gasteiger partial charge in [-0.3, -0.25) is 0 Å². The summed E-state index contributed by atoms with van der Waals surface area (Å²) in [5, 5.41) is 12.9. The molecule has 1 aliphatic heterocycles. The van der Waals surface area contributed by atoms with Gasteiger partial charge in [0.25, 0.3) is 0 Å². The average Bonchev–Trinajstić information content (AvgIpc) is 2.94. The number of carbonyl (C=O) groups is 1. The average molecular weight is 647 g/mol. The van der Waals surface area contributed by atoms with Crippen LogP contribution in [-0.2, 0) is 32.2 Å². The van der Waals surface area contributed by atoms with Gasteiger partial charge in [-0.15, -0.1) is 11.4 Å². The Balaban J connectivity index is 0.00000337. The molecule has 44 heavy (non-hydrogen) atoms. The van der Waals surface area contributed by atoms with Crippen LogP contribution in [0.15, 0.2) is 89.3 Å². The number of aryl methyl sites for hydroxylation is 1. The van der Waals surface area contributed by atoms with Crippen molar-refractivity contribution in [2.45, 2.75) is 75.1 Å². The summed E-state index contributed by atoms with van der Waals surface area (Å²) >= 11 is 0. The molecule has 0 saturated heterocycles. The van der Waals surface area contributed by atoms with Crippen LogP contribution in [0.4, 0.5) is 18.9 Å². The third kappa shape index (κ3) is 9.34. The van der Waals surface area contributed by atoms with Crippen LogP contribution in [0.25, 0.3) is 4.72 Å². The van der Waals surface area contributed by atoms with E-state index in [4.69, 9.17) is 4.74 Å². The first-order valence-electron chi connectivity index (χ1n) is 13.7. The Morgan fingerprint density at radius 1 is 1.02 bits per heavy atom. The summed E-state index contributed by atoms with van der Waals surface area (Å²) in [6, 6.07) is 17.2. The number of hydrogen-bond donors (Lipinski definition) is 0. The summed E-state index contributed by atoms with van der Waals surface area (Å²) in [5.41, 5.74) is -0.429. The fraction of sp³-hybridized carbons (Fsp3) is 0.355. The van der Waals surface area contributed by atoms with Gasteiger partial charge < -0.3 is 14.6 Å². The van der Waals surface area contributed by atoms with Gasteiger partial charge in [-0.05, 0) is 55.4 Å². The number of alkyl halides is 3. The summed E-state index contributed by atoms with van der Waals surface area (Å²) in [7, 11) is -4.44. The normalized spacial score (nSPS) is 17.6. The van der Waals surface area contributed by atoms with Gasteiger partial charge in [-0.1, -0.05) is 74.9 Å². The molecule has 0 aliphatic carbocycles. The zero-order valence-electron chi connectivity index (χ0n) is 25.2. The molecule has 3 aromatic rings. The van der Waals surface area contributed by atoms with Crippen LogP contribution in [-0.4, -0.2) is 25.0 Å². The number of aromatic nitrogens is 1.